The predicted molar refractivity (Wildman–Crippen MR) is 89.9 cm³/mol. The van der Waals surface area contributed by atoms with Crippen LogP contribution in [0.4, 0.5) is 23.2 Å². The number of nitrogens with zero attached hydrogens (tertiary/aromatic N) is 1. The maximum atomic E-state index is 13.8. The van der Waals surface area contributed by atoms with Gasteiger partial charge in [-0.25, -0.2) is 4.39 Å². The minimum atomic E-state index is -4.55. The number of hydrogen-bond acceptors (Lipinski definition) is 2. The quantitative estimate of drug-likeness (QED) is 0.767. The Morgan fingerprint density at radius 2 is 1.73 bits per heavy atom. The molecule has 0 bridgehead atoms. The summed E-state index contributed by atoms with van der Waals surface area (Å²) in [6.07, 6.45) is -2.77. The second-order valence-corrected chi connectivity index (χ2v) is 6.32. The molecule has 0 radical (unpaired) electrons. The minimum absolute atomic E-state index is 0.0921. The van der Waals surface area contributed by atoms with Crippen LogP contribution in [0.3, 0.4) is 0 Å². The van der Waals surface area contributed by atoms with E-state index in [1.807, 2.05) is 0 Å². The molecule has 3 rings (SSSR count). The van der Waals surface area contributed by atoms with Gasteiger partial charge < -0.3 is 5.32 Å². The molecule has 0 aromatic heterocycles. The topological polar surface area (TPSA) is 32.3 Å². The van der Waals surface area contributed by atoms with Crippen molar-refractivity contribution in [2.75, 3.05) is 11.9 Å². The first-order chi connectivity index (χ1) is 12.3. The summed E-state index contributed by atoms with van der Waals surface area (Å²) >= 11 is 0. The summed E-state index contributed by atoms with van der Waals surface area (Å²) in [6, 6.07) is 11.3. The summed E-state index contributed by atoms with van der Waals surface area (Å²) in [6.45, 7) is 0.150. The Balaban J connectivity index is 1.69. The summed E-state index contributed by atoms with van der Waals surface area (Å²) in [5.74, 6) is -0.911. The van der Waals surface area contributed by atoms with Crippen molar-refractivity contribution in [3.8, 4) is 0 Å². The molecule has 26 heavy (non-hydrogen) atoms. The lowest BCUT2D eigenvalue weighted by atomic mass is 10.1. The van der Waals surface area contributed by atoms with Gasteiger partial charge in [0.05, 0.1) is 17.8 Å². The van der Waals surface area contributed by atoms with Crippen molar-refractivity contribution >= 4 is 11.6 Å². The zero-order chi connectivity index (χ0) is 18.7. The Morgan fingerprint density at radius 3 is 2.38 bits per heavy atom. The van der Waals surface area contributed by atoms with Gasteiger partial charge in [0.15, 0.2) is 0 Å². The summed E-state index contributed by atoms with van der Waals surface area (Å²) < 4.78 is 52.9. The number of para-hydroxylation sites is 1. The summed E-state index contributed by atoms with van der Waals surface area (Å²) in [4.78, 5) is 14.1. The second-order valence-electron chi connectivity index (χ2n) is 6.32. The minimum Gasteiger partial charge on any atom is -0.324 e. The first kappa shape index (κ1) is 18.4. The smallest absolute Gasteiger partial charge is 0.324 e. The van der Waals surface area contributed by atoms with Gasteiger partial charge in [0.2, 0.25) is 5.91 Å². The van der Waals surface area contributed by atoms with Crippen LogP contribution in [0.5, 0.6) is 0 Å². The summed E-state index contributed by atoms with van der Waals surface area (Å²) in [5, 5.41) is 2.34. The molecule has 0 atom stereocenters. The van der Waals surface area contributed by atoms with Crippen molar-refractivity contribution in [1.82, 2.24) is 4.90 Å². The fraction of sp³-hybridized carbons (Fsp3) is 0.316. The fourth-order valence-corrected chi connectivity index (χ4v) is 2.81. The van der Waals surface area contributed by atoms with E-state index in [2.05, 4.69) is 5.32 Å². The molecule has 138 valence electrons. The first-order valence-electron chi connectivity index (χ1n) is 8.28. The lowest BCUT2D eigenvalue weighted by molar-refractivity contribution is -0.137. The van der Waals surface area contributed by atoms with Gasteiger partial charge in [-0.1, -0.05) is 30.3 Å². The second kappa shape index (κ2) is 7.45. The third-order valence-electron chi connectivity index (χ3n) is 4.25. The average Bonchev–Trinajstić information content (AvgIpc) is 3.40. The fourth-order valence-electron chi connectivity index (χ4n) is 2.81. The molecule has 1 fully saturated rings. The number of alkyl halides is 3. The van der Waals surface area contributed by atoms with Gasteiger partial charge in [0, 0.05) is 18.2 Å². The molecule has 0 saturated heterocycles. The number of carbonyl (C=O) groups is 1. The molecule has 1 saturated carbocycles. The molecule has 1 amide bonds. The van der Waals surface area contributed by atoms with E-state index in [-0.39, 0.29) is 30.6 Å². The highest BCUT2D eigenvalue weighted by Gasteiger charge is 2.34. The molecular weight excluding hydrogens is 348 g/mol. The number of hydrogen-bond donors (Lipinski definition) is 1. The Hall–Kier alpha value is -2.41. The zero-order valence-corrected chi connectivity index (χ0v) is 13.9. The van der Waals surface area contributed by atoms with E-state index in [1.54, 1.807) is 23.1 Å². The maximum absolute atomic E-state index is 13.8. The van der Waals surface area contributed by atoms with Crippen molar-refractivity contribution < 1.29 is 22.4 Å². The highest BCUT2D eigenvalue weighted by Crippen LogP contribution is 2.34. The molecule has 0 aliphatic heterocycles. The Labute approximate surface area is 148 Å². The first-order valence-corrected chi connectivity index (χ1v) is 8.28. The molecule has 7 heteroatoms. The average molecular weight is 366 g/mol. The van der Waals surface area contributed by atoms with Crippen LogP contribution in [0.2, 0.25) is 0 Å². The number of halogens is 4. The molecule has 2 aromatic rings. The third-order valence-corrected chi connectivity index (χ3v) is 4.25. The van der Waals surface area contributed by atoms with Crippen LogP contribution >= 0.6 is 0 Å². The van der Waals surface area contributed by atoms with Gasteiger partial charge in [-0.05, 0) is 31.0 Å². The van der Waals surface area contributed by atoms with Crippen LogP contribution in [0.25, 0.3) is 0 Å². The van der Waals surface area contributed by atoms with Crippen molar-refractivity contribution in [2.45, 2.75) is 31.6 Å². The van der Waals surface area contributed by atoms with E-state index in [0.717, 1.165) is 18.9 Å². The van der Waals surface area contributed by atoms with E-state index in [4.69, 9.17) is 0 Å². The largest absolute Gasteiger partial charge is 0.418 e. The summed E-state index contributed by atoms with van der Waals surface area (Å²) in [7, 11) is 0. The Morgan fingerprint density at radius 1 is 1.08 bits per heavy atom. The Bertz CT molecular complexity index is 787. The van der Waals surface area contributed by atoms with Crippen LogP contribution in [0, 0.1) is 5.82 Å². The van der Waals surface area contributed by atoms with Crippen molar-refractivity contribution in [3.05, 3.63) is 65.5 Å². The zero-order valence-electron chi connectivity index (χ0n) is 13.9. The predicted octanol–water partition coefficient (Wildman–Crippen LogP) is 4.45. The molecule has 0 spiro atoms. The highest BCUT2D eigenvalue weighted by molar-refractivity contribution is 5.93. The van der Waals surface area contributed by atoms with Crippen molar-refractivity contribution in [3.63, 3.8) is 0 Å². The van der Waals surface area contributed by atoms with Gasteiger partial charge in [0.25, 0.3) is 0 Å². The Kier molecular flexibility index (Phi) is 5.27. The molecule has 0 heterocycles. The van der Waals surface area contributed by atoms with E-state index in [9.17, 15) is 22.4 Å². The lowest BCUT2D eigenvalue weighted by Crippen LogP contribution is -2.35. The molecule has 3 nitrogen and oxygen atoms in total. The SMILES string of the molecule is O=C(CN(Cc1ccccc1F)C1CC1)Nc1ccccc1C(F)(F)F. The molecule has 1 aliphatic rings. The van der Waals surface area contributed by atoms with E-state index < -0.39 is 17.6 Å². The molecule has 1 N–H and O–H groups in total. The summed E-state index contributed by atoms with van der Waals surface area (Å²) in [5.41, 5.74) is -0.699. The van der Waals surface area contributed by atoms with E-state index >= 15 is 0 Å². The van der Waals surface area contributed by atoms with Crippen molar-refractivity contribution in [1.29, 1.82) is 0 Å². The molecular formula is C19H18F4N2O. The van der Waals surface area contributed by atoms with Gasteiger partial charge in [-0.3, -0.25) is 9.69 Å². The maximum Gasteiger partial charge on any atom is 0.418 e. The number of benzene rings is 2. The molecule has 1 aliphatic carbocycles. The molecule has 2 aromatic carbocycles. The van der Waals surface area contributed by atoms with E-state index in [0.29, 0.717) is 5.56 Å². The monoisotopic (exact) mass is 366 g/mol. The number of nitrogens with one attached hydrogen (secondary N) is 1. The number of carbonyl (C=O) groups excluding carboxylic acids is 1. The van der Waals surface area contributed by atoms with Crippen LogP contribution < -0.4 is 5.32 Å². The van der Waals surface area contributed by atoms with Crippen LogP contribution in [0.1, 0.15) is 24.0 Å². The number of amides is 1. The van der Waals surface area contributed by atoms with Gasteiger partial charge in [-0.15, -0.1) is 0 Å². The standard InChI is InChI=1S/C19H18F4N2O/c20-16-7-3-1-5-13(16)11-25(14-9-10-14)12-18(26)24-17-8-4-2-6-15(17)19(21,22)23/h1-8,14H,9-12H2,(H,24,26). The third kappa shape index (κ3) is 4.60. The van der Waals surface area contributed by atoms with Crippen molar-refractivity contribution in [2.24, 2.45) is 0 Å². The van der Waals surface area contributed by atoms with Gasteiger partial charge >= 0.3 is 6.18 Å². The highest BCUT2D eigenvalue weighted by atomic mass is 19.4. The van der Waals surface area contributed by atoms with E-state index in [1.165, 1.54) is 24.3 Å². The van der Waals surface area contributed by atoms with Gasteiger partial charge in [0.1, 0.15) is 5.82 Å². The lowest BCUT2D eigenvalue weighted by Gasteiger charge is -2.22. The number of rotatable bonds is 6. The number of anilines is 1. The van der Waals surface area contributed by atoms with Crippen LogP contribution in [-0.2, 0) is 17.5 Å². The van der Waals surface area contributed by atoms with Crippen LogP contribution in [-0.4, -0.2) is 23.4 Å². The van der Waals surface area contributed by atoms with Crippen LogP contribution in [0.15, 0.2) is 48.5 Å². The molecule has 0 unspecified atom stereocenters. The van der Waals surface area contributed by atoms with Gasteiger partial charge in [-0.2, -0.15) is 13.2 Å². The normalized spacial score (nSPS) is 14.5.